The van der Waals surface area contributed by atoms with Gasteiger partial charge in [-0.2, -0.15) is 0 Å². The molecule has 0 aromatic rings. The molecule has 0 radical (unpaired) electrons. The van der Waals surface area contributed by atoms with Gasteiger partial charge in [0.1, 0.15) is 0 Å². The number of alkyl halides is 2. The van der Waals surface area contributed by atoms with Crippen LogP contribution in [-0.4, -0.2) is 61.5 Å². The van der Waals surface area contributed by atoms with Crippen molar-refractivity contribution in [3.63, 3.8) is 0 Å². The monoisotopic (exact) mass is 257 g/mol. The van der Waals surface area contributed by atoms with Crippen molar-refractivity contribution in [2.45, 2.75) is 18.9 Å². The van der Waals surface area contributed by atoms with Crippen molar-refractivity contribution in [3.05, 3.63) is 0 Å². The summed E-state index contributed by atoms with van der Waals surface area (Å²) in [6, 6.07) is -0.602. The first-order valence-corrected chi connectivity index (χ1v) is 6.57. The fourth-order valence-corrected chi connectivity index (χ4v) is 3.52. The number of carboxylic acid groups (broad SMARTS) is 1. The third kappa shape index (κ3) is 4.01. The van der Waals surface area contributed by atoms with Crippen LogP contribution in [0.5, 0.6) is 0 Å². The second-order valence-electron chi connectivity index (χ2n) is 3.77. The van der Waals surface area contributed by atoms with Crippen LogP contribution in [0.1, 0.15) is 6.42 Å². The van der Waals surface area contributed by atoms with Gasteiger partial charge in [0.05, 0.1) is 24.6 Å². The molecule has 5 nitrogen and oxygen atoms in total. The molecule has 1 unspecified atom stereocenters. The standard InChI is InChI=1S/C8H13F2NO4S/c9-7(10)3-11(4-8(12)13)6-1-2-16(14,15)5-6/h6-7H,1-5H2,(H,12,13). The van der Waals surface area contributed by atoms with E-state index in [-0.39, 0.29) is 17.9 Å². The van der Waals surface area contributed by atoms with E-state index < -0.39 is 41.4 Å². The third-order valence-electron chi connectivity index (χ3n) is 2.44. The van der Waals surface area contributed by atoms with E-state index in [2.05, 4.69) is 0 Å². The molecular formula is C8H13F2NO4S. The Bertz CT molecular complexity index is 357. The SMILES string of the molecule is O=C(O)CN(CC(F)F)C1CCS(=O)(=O)C1. The molecule has 0 bridgehead atoms. The Labute approximate surface area is 92.0 Å². The van der Waals surface area contributed by atoms with Gasteiger partial charge in [0.15, 0.2) is 9.84 Å². The molecule has 0 saturated carbocycles. The Balaban J connectivity index is 2.66. The maximum atomic E-state index is 12.2. The molecule has 1 heterocycles. The van der Waals surface area contributed by atoms with E-state index in [4.69, 9.17) is 5.11 Å². The zero-order valence-corrected chi connectivity index (χ0v) is 9.29. The molecule has 1 N–H and O–H groups in total. The molecule has 8 heteroatoms. The van der Waals surface area contributed by atoms with Crippen LogP contribution in [-0.2, 0) is 14.6 Å². The van der Waals surface area contributed by atoms with Gasteiger partial charge in [0.25, 0.3) is 6.43 Å². The van der Waals surface area contributed by atoms with Crippen LogP contribution in [0.15, 0.2) is 0 Å². The highest BCUT2D eigenvalue weighted by Gasteiger charge is 2.34. The number of aliphatic carboxylic acids is 1. The van der Waals surface area contributed by atoms with Crippen molar-refractivity contribution in [2.24, 2.45) is 0 Å². The molecule has 1 atom stereocenters. The van der Waals surface area contributed by atoms with E-state index in [1.54, 1.807) is 0 Å². The second kappa shape index (κ2) is 5.05. The van der Waals surface area contributed by atoms with Gasteiger partial charge in [-0.3, -0.25) is 9.69 Å². The van der Waals surface area contributed by atoms with Gasteiger partial charge in [-0.05, 0) is 6.42 Å². The topological polar surface area (TPSA) is 74.7 Å². The highest BCUT2D eigenvalue weighted by Crippen LogP contribution is 2.18. The van der Waals surface area contributed by atoms with Crippen molar-refractivity contribution in [1.82, 2.24) is 4.90 Å². The molecule has 0 amide bonds. The molecule has 16 heavy (non-hydrogen) atoms. The van der Waals surface area contributed by atoms with Crippen molar-refractivity contribution < 1.29 is 27.1 Å². The van der Waals surface area contributed by atoms with E-state index in [9.17, 15) is 22.0 Å². The lowest BCUT2D eigenvalue weighted by Crippen LogP contribution is -2.42. The van der Waals surface area contributed by atoms with E-state index in [0.29, 0.717) is 0 Å². The largest absolute Gasteiger partial charge is 0.480 e. The predicted molar refractivity (Wildman–Crippen MR) is 52.3 cm³/mol. The minimum Gasteiger partial charge on any atom is -0.480 e. The summed E-state index contributed by atoms with van der Waals surface area (Å²) in [5.74, 6) is -1.52. The zero-order chi connectivity index (χ0) is 12.3. The number of carbonyl (C=O) groups is 1. The van der Waals surface area contributed by atoms with Gasteiger partial charge in [-0.15, -0.1) is 0 Å². The zero-order valence-electron chi connectivity index (χ0n) is 8.47. The second-order valence-corrected chi connectivity index (χ2v) is 6.00. The summed E-state index contributed by atoms with van der Waals surface area (Å²) in [5.41, 5.74) is 0. The average Bonchev–Trinajstić information content (AvgIpc) is 2.43. The van der Waals surface area contributed by atoms with Crippen LogP contribution in [0.3, 0.4) is 0 Å². The number of nitrogens with zero attached hydrogens (tertiary/aromatic N) is 1. The van der Waals surface area contributed by atoms with Crippen LogP contribution in [0, 0.1) is 0 Å². The summed E-state index contributed by atoms with van der Waals surface area (Å²) < 4.78 is 46.7. The van der Waals surface area contributed by atoms with Crippen LogP contribution >= 0.6 is 0 Å². The Kier molecular flexibility index (Phi) is 4.20. The van der Waals surface area contributed by atoms with Crippen LogP contribution in [0.25, 0.3) is 0 Å². The highest BCUT2D eigenvalue weighted by atomic mass is 32.2. The molecule has 0 aliphatic carbocycles. The van der Waals surface area contributed by atoms with Gasteiger partial charge in [0, 0.05) is 6.04 Å². The first-order chi connectivity index (χ1) is 7.30. The van der Waals surface area contributed by atoms with Gasteiger partial charge in [-0.25, -0.2) is 17.2 Å². The van der Waals surface area contributed by atoms with Crippen molar-refractivity contribution in [3.8, 4) is 0 Å². The lowest BCUT2D eigenvalue weighted by Gasteiger charge is -2.25. The number of rotatable bonds is 5. The van der Waals surface area contributed by atoms with Crippen LogP contribution in [0.4, 0.5) is 8.78 Å². The van der Waals surface area contributed by atoms with Crippen LogP contribution in [0.2, 0.25) is 0 Å². The summed E-state index contributed by atoms with van der Waals surface area (Å²) in [6.07, 6.45) is -2.44. The summed E-state index contributed by atoms with van der Waals surface area (Å²) >= 11 is 0. The summed E-state index contributed by atoms with van der Waals surface area (Å²) in [4.78, 5) is 11.5. The Hall–Kier alpha value is -0.760. The first-order valence-electron chi connectivity index (χ1n) is 4.74. The number of hydrogen-bond acceptors (Lipinski definition) is 4. The summed E-state index contributed by atoms with van der Waals surface area (Å²) in [5, 5.41) is 8.55. The smallest absolute Gasteiger partial charge is 0.317 e. The van der Waals surface area contributed by atoms with Crippen molar-refractivity contribution in [2.75, 3.05) is 24.6 Å². The lowest BCUT2D eigenvalue weighted by molar-refractivity contribution is -0.139. The molecule has 1 fully saturated rings. The van der Waals surface area contributed by atoms with E-state index >= 15 is 0 Å². The quantitative estimate of drug-likeness (QED) is 0.740. The van der Waals surface area contributed by atoms with Gasteiger partial charge in [-0.1, -0.05) is 0 Å². The summed E-state index contributed by atoms with van der Waals surface area (Å²) in [7, 11) is -3.19. The first kappa shape index (κ1) is 13.3. The van der Waals surface area contributed by atoms with Gasteiger partial charge >= 0.3 is 5.97 Å². The van der Waals surface area contributed by atoms with Gasteiger partial charge < -0.3 is 5.11 Å². The van der Waals surface area contributed by atoms with Gasteiger partial charge in [0.2, 0.25) is 0 Å². The normalized spacial score (nSPS) is 24.1. The van der Waals surface area contributed by atoms with E-state index in [1.807, 2.05) is 0 Å². The minimum absolute atomic E-state index is 0.0585. The number of halogens is 2. The molecule has 1 aliphatic heterocycles. The maximum absolute atomic E-state index is 12.2. The molecule has 0 aromatic carbocycles. The Morgan fingerprint density at radius 3 is 2.50 bits per heavy atom. The molecule has 94 valence electrons. The number of sulfone groups is 1. The fraction of sp³-hybridized carbons (Fsp3) is 0.875. The lowest BCUT2D eigenvalue weighted by atomic mass is 10.2. The summed E-state index contributed by atoms with van der Waals surface area (Å²) in [6.45, 7) is -1.25. The Morgan fingerprint density at radius 2 is 2.12 bits per heavy atom. The molecule has 1 saturated heterocycles. The Morgan fingerprint density at radius 1 is 1.50 bits per heavy atom. The molecule has 0 aromatic heterocycles. The van der Waals surface area contributed by atoms with E-state index in [1.165, 1.54) is 0 Å². The van der Waals surface area contributed by atoms with Crippen molar-refractivity contribution >= 4 is 15.8 Å². The molecule has 1 aliphatic rings. The maximum Gasteiger partial charge on any atom is 0.317 e. The third-order valence-corrected chi connectivity index (χ3v) is 4.19. The fourth-order valence-electron chi connectivity index (χ4n) is 1.76. The number of hydrogen-bond donors (Lipinski definition) is 1. The number of carboxylic acids is 1. The molecule has 0 spiro atoms. The van der Waals surface area contributed by atoms with Crippen molar-refractivity contribution in [1.29, 1.82) is 0 Å². The molecule has 1 rings (SSSR count). The highest BCUT2D eigenvalue weighted by molar-refractivity contribution is 7.91. The predicted octanol–water partition coefficient (Wildman–Crippen LogP) is -0.175. The average molecular weight is 257 g/mol. The van der Waals surface area contributed by atoms with E-state index in [0.717, 1.165) is 4.90 Å². The van der Waals surface area contributed by atoms with Crippen LogP contribution < -0.4 is 0 Å². The molecular weight excluding hydrogens is 244 g/mol. The minimum atomic E-state index is -3.19.